The van der Waals surface area contributed by atoms with Gasteiger partial charge in [0.05, 0.1) is 17.5 Å². The van der Waals surface area contributed by atoms with Crippen molar-refractivity contribution in [1.82, 2.24) is 15.0 Å². The minimum atomic E-state index is -2.95. The van der Waals surface area contributed by atoms with Gasteiger partial charge in [-0.15, -0.1) is 0 Å². The topological polar surface area (TPSA) is 93.4 Å². The first-order valence-electron chi connectivity index (χ1n) is 8.19. The molecule has 0 aromatic carbocycles. The van der Waals surface area contributed by atoms with Crippen LogP contribution in [0, 0.1) is 5.92 Å². The molecule has 1 amide bonds. The summed E-state index contributed by atoms with van der Waals surface area (Å²) in [5.74, 6) is 1.61. The third-order valence-corrected chi connectivity index (χ3v) is 6.45. The highest BCUT2D eigenvalue weighted by Gasteiger charge is 2.36. The third-order valence-electron chi connectivity index (χ3n) is 4.61. The van der Waals surface area contributed by atoms with Crippen molar-refractivity contribution in [2.45, 2.75) is 51.5 Å². The molecule has 0 bridgehead atoms. The standard InChI is InChI=1S/C15H23N3O4S/c1-10(2)15-16-14(17-22-15)12-4-3-6-18(12)13(19)8-11-5-7-23(20,21)9-11/h10-12H,3-9H2,1-2H3/t11-,12-/m0/s1. The van der Waals surface area contributed by atoms with E-state index < -0.39 is 9.84 Å². The molecule has 3 heterocycles. The molecule has 128 valence electrons. The Labute approximate surface area is 136 Å². The Morgan fingerprint density at radius 2 is 2.17 bits per heavy atom. The van der Waals surface area contributed by atoms with E-state index >= 15 is 0 Å². The van der Waals surface area contributed by atoms with E-state index in [0.29, 0.717) is 31.1 Å². The van der Waals surface area contributed by atoms with Crippen LogP contribution >= 0.6 is 0 Å². The van der Waals surface area contributed by atoms with Crippen LogP contribution in [0.25, 0.3) is 0 Å². The Balaban J connectivity index is 1.67. The number of carbonyl (C=O) groups excluding carboxylic acids is 1. The second-order valence-electron chi connectivity index (χ2n) is 6.86. The number of carbonyl (C=O) groups is 1. The molecule has 0 spiro atoms. The van der Waals surface area contributed by atoms with E-state index in [4.69, 9.17) is 4.52 Å². The van der Waals surface area contributed by atoms with Crippen molar-refractivity contribution in [2.75, 3.05) is 18.1 Å². The van der Waals surface area contributed by atoms with Crippen LogP contribution in [0.3, 0.4) is 0 Å². The van der Waals surface area contributed by atoms with Gasteiger partial charge in [0.2, 0.25) is 11.8 Å². The van der Waals surface area contributed by atoms with Crippen molar-refractivity contribution < 1.29 is 17.7 Å². The Morgan fingerprint density at radius 3 is 2.78 bits per heavy atom. The molecule has 0 radical (unpaired) electrons. The average Bonchev–Trinajstić information content (AvgIpc) is 3.16. The predicted molar refractivity (Wildman–Crippen MR) is 83.5 cm³/mol. The maximum absolute atomic E-state index is 12.6. The zero-order valence-electron chi connectivity index (χ0n) is 13.6. The molecule has 0 aliphatic carbocycles. The number of hydrogen-bond donors (Lipinski definition) is 0. The van der Waals surface area contributed by atoms with Gasteiger partial charge in [-0.25, -0.2) is 8.42 Å². The summed E-state index contributed by atoms with van der Waals surface area (Å²) in [6.07, 6.45) is 2.62. The number of aromatic nitrogens is 2. The molecule has 2 aliphatic rings. The number of nitrogens with zero attached hydrogens (tertiary/aromatic N) is 3. The highest BCUT2D eigenvalue weighted by atomic mass is 32.2. The third kappa shape index (κ3) is 3.57. The number of sulfone groups is 1. The van der Waals surface area contributed by atoms with Crippen molar-refractivity contribution in [3.63, 3.8) is 0 Å². The molecule has 0 unspecified atom stereocenters. The molecule has 23 heavy (non-hydrogen) atoms. The fraction of sp³-hybridized carbons (Fsp3) is 0.800. The van der Waals surface area contributed by atoms with E-state index in [-0.39, 0.29) is 35.3 Å². The summed E-state index contributed by atoms with van der Waals surface area (Å²) in [6.45, 7) is 4.64. The molecule has 2 aliphatic heterocycles. The van der Waals surface area contributed by atoms with Crippen LogP contribution in [0.4, 0.5) is 0 Å². The maximum atomic E-state index is 12.6. The predicted octanol–water partition coefficient (Wildman–Crippen LogP) is 1.68. The summed E-state index contributed by atoms with van der Waals surface area (Å²) in [7, 11) is -2.95. The molecular formula is C15H23N3O4S. The summed E-state index contributed by atoms with van der Waals surface area (Å²) < 4.78 is 28.3. The Morgan fingerprint density at radius 1 is 1.39 bits per heavy atom. The second kappa shape index (κ2) is 6.22. The van der Waals surface area contributed by atoms with E-state index in [1.165, 1.54) is 0 Å². The minimum absolute atomic E-state index is 0.00509. The van der Waals surface area contributed by atoms with Crippen LogP contribution < -0.4 is 0 Å². The van der Waals surface area contributed by atoms with E-state index in [1.54, 1.807) is 4.90 Å². The van der Waals surface area contributed by atoms with Crippen LogP contribution in [0.5, 0.6) is 0 Å². The van der Waals surface area contributed by atoms with Gasteiger partial charge >= 0.3 is 0 Å². The number of rotatable bonds is 4. The van der Waals surface area contributed by atoms with E-state index in [2.05, 4.69) is 10.1 Å². The fourth-order valence-electron chi connectivity index (χ4n) is 3.35. The van der Waals surface area contributed by atoms with Crippen molar-refractivity contribution in [2.24, 2.45) is 5.92 Å². The highest BCUT2D eigenvalue weighted by Crippen LogP contribution is 2.33. The van der Waals surface area contributed by atoms with Gasteiger partial charge in [-0.05, 0) is 25.2 Å². The smallest absolute Gasteiger partial charge is 0.229 e. The normalized spacial score (nSPS) is 27.0. The molecule has 7 nitrogen and oxygen atoms in total. The number of hydrogen-bond acceptors (Lipinski definition) is 6. The molecule has 2 saturated heterocycles. The zero-order valence-corrected chi connectivity index (χ0v) is 14.4. The Hall–Kier alpha value is -1.44. The molecule has 1 aromatic heterocycles. The lowest BCUT2D eigenvalue weighted by molar-refractivity contribution is -0.133. The summed E-state index contributed by atoms with van der Waals surface area (Å²) in [5.41, 5.74) is 0. The SMILES string of the molecule is CC(C)c1nc([C@@H]2CCCN2C(=O)C[C@@H]2CCS(=O)(=O)C2)no1. The van der Waals surface area contributed by atoms with Crippen molar-refractivity contribution in [1.29, 1.82) is 0 Å². The van der Waals surface area contributed by atoms with E-state index in [0.717, 1.165) is 12.8 Å². The van der Waals surface area contributed by atoms with Crippen molar-refractivity contribution in [3.05, 3.63) is 11.7 Å². The highest BCUT2D eigenvalue weighted by molar-refractivity contribution is 7.91. The number of likely N-dealkylation sites (tertiary alicyclic amines) is 1. The second-order valence-corrected chi connectivity index (χ2v) is 9.09. The molecule has 1 aromatic rings. The monoisotopic (exact) mass is 341 g/mol. The van der Waals surface area contributed by atoms with Crippen LogP contribution in [0.15, 0.2) is 4.52 Å². The molecule has 2 fully saturated rings. The summed E-state index contributed by atoms with van der Waals surface area (Å²) in [5, 5.41) is 4.03. The van der Waals surface area contributed by atoms with E-state index in [9.17, 15) is 13.2 Å². The Bertz CT molecular complexity index is 683. The quantitative estimate of drug-likeness (QED) is 0.827. The molecule has 8 heteroatoms. The van der Waals surface area contributed by atoms with Gasteiger partial charge in [0.25, 0.3) is 0 Å². The van der Waals surface area contributed by atoms with Gasteiger partial charge in [-0.3, -0.25) is 4.79 Å². The largest absolute Gasteiger partial charge is 0.339 e. The summed E-state index contributed by atoms with van der Waals surface area (Å²) in [6, 6.07) is -0.142. The summed E-state index contributed by atoms with van der Waals surface area (Å²) in [4.78, 5) is 18.8. The average molecular weight is 341 g/mol. The summed E-state index contributed by atoms with van der Waals surface area (Å²) >= 11 is 0. The van der Waals surface area contributed by atoms with Gasteiger partial charge in [0.1, 0.15) is 0 Å². The first kappa shape index (κ1) is 16.4. The van der Waals surface area contributed by atoms with Crippen LogP contribution in [-0.4, -0.2) is 47.4 Å². The van der Waals surface area contributed by atoms with Crippen LogP contribution in [0.2, 0.25) is 0 Å². The van der Waals surface area contributed by atoms with Crippen molar-refractivity contribution >= 4 is 15.7 Å². The van der Waals surface area contributed by atoms with Gasteiger partial charge in [0, 0.05) is 18.9 Å². The maximum Gasteiger partial charge on any atom is 0.229 e. The van der Waals surface area contributed by atoms with Gasteiger partial charge < -0.3 is 9.42 Å². The lowest BCUT2D eigenvalue weighted by Crippen LogP contribution is -2.32. The first-order chi connectivity index (χ1) is 10.9. The minimum Gasteiger partial charge on any atom is -0.339 e. The first-order valence-corrected chi connectivity index (χ1v) is 10.0. The molecular weight excluding hydrogens is 318 g/mol. The van der Waals surface area contributed by atoms with Crippen LogP contribution in [-0.2, 0) is 14.6 Å². The molecule has 0 N–H and O–H groups in total. The van der Waals surface area contributed by atoms with Gasteiger partial charge in [-0.1, -0.05) is 19.0 Å². The van der Waals surface area contributed by atoms with E-state index in [1.807, 2.05) is 13.8 Å². The van der Waals surface area contributed by atoms with Gasteiger partial charge in [-0.2, -0.15) is 4.98 Å². The lowest BCUT2D eigenvalue weighted by atomic mass is 10.0. The zero-order chi connectivity index (χ0) is 16.6. The lowest BCUT2D eigenvalue weighted by Gasteiger charge is -2.23. The molecule has 0 saturated carbocycles. The molecule has 2 atom stereocenters. The van der Waals surface area contributed by atoms with Crippen molar-refractivity contribution in [3.8, 4) is 0 Å². The van der Waals surface area contributed by atoms with Crippen LogP contribution in [0.1, 0.15) is 63.2 Å². The number of amides is 1. The molecule has 3 rings (SSSR count). The fourth-order valence-corrected chi connectivity index (χ4v) is 5.21. The Kier molecular flexibility index (Phi) is 4.44. The van der Waals surface area contributed by atoms with Gasteiger partial charge in [0.15, 0.2) is 15.7 Å².